The minimum atomic E-state index is -0.158. The average Bonchev–Trinajstić information content (AvgIpc) is 2.28. The van der Waals surface area contributed by atoms with Crippen molar-refractivity contribution in [3.63, 3.8) is 0 Å². The zero-order chi connectivity index (χ0) is 12.8. The summed E-state index contributed by atoms with van der Waals surface area (Å²) in [4.78, 5) is 0. The largest absolute Gasteiger partial charge is 0.207 e. The van der Waals surface area contributed by atoms with Gasteiger partial charge in [-0.25, -0.2) is 4.39 Å². The van der Waals surface area contributed by atoms with Crippen LogP contribution in [0.2, 0.25) is 0 Å². The highest BCUT2D eigenvalue weighted by Crippen LogP contribution is 2.29. The second kappa shape index (κ2) is 7.13. The molecular weight excluding hydrogens is 247 g/mol. The summed E-state index contributed by atoms with van der Waals surface area (Å²) in [6, 6.07) is 6.84. The second-order valence-corrected chi connectivity index (χ2v) is 6.02. The summed E-state index contributed by atoms with van der Waals surface area (Å²) in [6.07, 6.45) is 9.95. The monoisotopic (exact) mass is 268 g/mol. The van der Waals surface area contributed by atoms with Crippen molar-refractivity contribution in [3.8, 4) is 0 Å². The number of benzene rings is 1. The molecule has 2 rings (SSSR count). The lowest BCUT2D eigenvalue weighted by molar-refractivity contribution is 0.363. The summed E-state index contributed by atoms with van der Waals surface area (Å²) < 4.78 is 13.1. The van der Waals surface area contributed by atoms with E-state index in [4.69, 9.17) is 11.6 Å². The van der Waals surface area contributed by atoms with E-state index in [1.807, 2.05) is 6.07 Å². The van der Waals surface area contributed by atoms with Gasteiger partial charge in [-0.2, -0.15) is 0 Å². The van der Waals surface area contributed by atoms with E-state index >= 15 is 0 Å². The maximum atomic E-state index is 13.1. The van der Waals surface area contributed by atoms with Crippen LogP contribution in [0.5, 0.6) is 0 Å². The van der Waals surface area contributed by atoms with Crippen molar-refractivity contribution in [1.29, 1.82) is 0 Å². The number of halogens is 2. The van der Waals surface area contributed by atoms with Crippen LogP contribution in [0.15, 0.2) is 24.3 Å². The minimum absolute atomic E-state index is 0.157. The Morgan fingerprint density at radius 2 is 1.78 bits per heavy atom. The van der Waals surface area contributed by atoms with Gasteiger partial charge in [0.2, 0.25) is 0 Å². The van der Waals surface area contributed by atoms with Crippen LogP contribution < -0.4 is 0 Å². The van der Waals surface area contributed by atoms with Crippen molar-refractivity contribution in [2.45, 2.75) is 56.7 Å². The van der Waals surface area contributed by atoms with Gasteiger partial charge in [0.1, 0.15) is 5.82 Å². The van der Waals surface area contributed by atoms with Crippen LogP contribution in [0.1, 0.15) is 50.5 Å². The molecular formula is C16H22ClF. The molecule has 1 saturated carbocycles. The van der Waals surface area contributed by atoms with Gasteiger partial charge in [0.05, 0.1) is 0 Å². The van der Waals surface area contributed by atoms with Crippen molar-refractivity contribution in [2.75, 3.05) is 0 Å². The van der Waals surface area contributed by atoms with E-state index in [0.717, 1.165) is 12.0 Å². The first-order chi connectivity index (χ1) is 8.75. The van der Waals surface area contributed by atoms with Crippen LogP contribution in [0.25, 0.3) is 0 Å². The molecule has 1 fully saturated rings. The van der Waals surface area contributed by atoms with Gasteiger partial charge in [-0.05, 0) is 42.9 Å². The summed E-state index contributed by atoms with van der Waals surface area (Å²) in [5.41, 5.74) is 1.03. The molecule has 100 valence electrons. The summed E-state index contributed by atoms with van der Waals surface area (Å²) in [6.45, 7) is 0. The van der Waals surface area contributed by atoms with Gasteiger partial charge in [0.15, 0.2) is 0 Å². The molecule has 0 saturated heterocycles. The number of hydrogen-bond acceptors (Lipinski definition) is 0. The number of hydrogen-bond donors (Lipinski definition) is 0. The van der Waals surface area contributed by atoms with Gasteiger partial charge < -0.3 is 0 Å². The van der Waals surface area contributed by atoms with Crippen molar-refractivity contribution in [3.05, 3.63) is 35.6 Å². The van der Waals surface area contributed by atoms with Crippen LogP contribution in [0.3, 0.4) is 0 Å². The van der Waals surface area contributed by atoms with Gasteiger partial charge in [-0.3, -0.25) is 0 Å². The van der Waals surface area contributed by atoms with Gasteiger partial charge in [-0.1, -0.05) is 44.2 Å². The third kappa shape index (κ3) is 4.28. The molecule has 0 amide bonds. The van der Waals surface area contributed by atoms with Crippen LogP contribution in [0.4, 0.5) is 4.39 Å². The highest BCUT2D eigenvalue weighted by molar-refractivity contribution is 6.20. The van der Waals surface area contributed by atoms with E-state index < -0.39 is 0 Å². The average molecular weight is 269 g/mol. The second-order valence-electron chi connectivity index (χ2n) is 5.46. The van der Waals surface area contributed by atoms with Gasteiger partial charge in [0, 0.05) is 5.38 Å². The lowest BCUT2D eigenvalue weighted by Gasteiger charge is -2.24. The highest BCUT2D eigenvalue weighted by Gasteiger charge is 2.20. The van der Waals surface area contributed by atoms with Crippen LogP contribution >= 0.6 is 11.6 Å². The lowest BCUT2D eigenvalue weighted by atomic mass is 9.86. The fourth-order valence-corrected chi connectivity index (χ4v) is 3.34. The molecule has 1 aliphatic carbocycles. The van der Waals surface area contributed by atoms with Crippen LogP contribution in [-0.4, -0.2) is 5.38 Å². The van der Waals surface area contributed by atoms with Gasteiger partial charge >= 0.3 is 0 Å². The van der Waals surface area contributed by atoms with Crippen molar-refractivity contribution < 1.29 is 4.39 Å². The van der Waals surface area contributed by atoms with E-state index in [1.54, 1.807) is 12.1 Å². The van der Waals surface area contributed by atoms with E-state index in [0.29, 0.717) is 5.92 Å². The Morgan fingerprint density at radius 1 is 1.11 bits per heavy atom. The molecule has 0 aliphatic heterocycles. The third-order valence-electron chi connectivity index (χ3n) is 3.98. The molecule has 0 aromatic heterocycles. The minimum Gasteiger partial charge on any atom is -0.207 e. The van der Waals surface area contributed by atoms with E-state index in [1.165, 1.54) is 51.0 Å². The van der Waals surface area contributed by atoms with E-state index in [9.17, 15) is 4.39 Å². The number of rotatable bonds is 3. The first-order valence-corrected chi connectivity index (χ1v) is 7.58. The molecule has 1 atom stereocenters. The fourth-order valence-electron chi connectivity index (χ4n) is 2.91. The molecule has 1 aliphatic rings. The molecule has 18 heavy (non-hydrogen) atoms. The molecule has 0 radical (unpaired) electrons. The standard InChI is InChI=1S/C16H22ClF/c17-16(12-13-7-6-10-15(18)11-13)14-8-4-2-1-3-5-9-14/h6-7,10-11,14,16H,1-5,8-9,12H2. The number of alkyl halides is 1. The zero-order valence-electron chi connectivity index (χ0n) is 10.9. The summed E-state index contributed by atoms with van der Waals surface area (Å²) >= 11 is 6.55. The fraction of sp³-hybridized carbons (Fsp3) is 0.625. The van der Waals surface area contributed by atoms with Crippen LogP contribution in [-0.2, 0) is 6.42 Å². The maximum Gasteiger partial charge on any atom is 0.123 e. The molecule has 1 aromatic carbocycles. The first-order valence-electron chi connectivity index (χ1n) is 7.14. The predicted octanol–water partition coefficient (Wildman–Crippen LogP) is 5.34. The molecule has 1 unspecified atom stereocenters. The molecule has 0 spiro atoms. The Bertz CT molecular complexity index is 356. The topological polar surface area (TPSA) is 0 Å². The maximum absolute atomic E-state index is 13.1. The van der Waals surface area contributed by atoms with Crippen molar-refractivity contribution in [2.24, 2.45) is 5.92 Å². The molecule has 0 N–H and O–H groups in total. The van der Waals surface area contributed by atoms with Gasteiger partial charge in [0.25, 0.3) is 0 Å². The Balaban J connectivity index is 1.91. The Morgan fingerprint density at radius 3 is 2.44 bits per heavy atom. The molecule has 1 aromatic rings. The van der Waals surface area contributed by atoms with Crippen molar-refractivity contribution in [1.82, 2.24) is 0 Å². The van der Waals surface area contributed by atoms with E-state index in [-0.39, 0.29) is 11.2 Å². The molecule has 0 bridgehead atoms. The quantitative estimate of drug-likeness (QED) is 0.650. The summed E-state index contributed by atoms with van der Waals surface area (Å²) in [7, 11) is 0. The predicted molar refractivity (Wildman–Crippen MR) is 75.6 cm³/mol. The highest BCUT2D eigenvalue weighted by atomic mass is 35.5. The molecule has 0 nitrogen and oxygen atoms in total. The Labute approximate surface area is 115 Å². The Hall–Kier alpha value is -0.560. The van der Waals surface area contributed by atoms with Gasteiger partial charge in [-0.15, -0.1) is 11.6 Å². The first kappa shape index (κ1) is 13.9. The smallest absolute Gasteiger partial charge is 0.123 e. The normalized spacial score (nSPS) is 20.1. The Kier molecular flexibility index (Phi) is 5.49. The summed E-state index contributed by atoms with van der Waals surface area (Å²) in [5, 5.41) is 0.157. The molecule has 0 heterocycles. The molecule has 2 heteroatoms. The SMILES string of the molecule is Fc1cccc(CC(Cl)C2CCCCCCC2)c1. The van der Waals surface area contributed by atoms with Crippen molar-refractivity contribution >= 4 is 11.6 Å². The zero-order valence-corrected chi connectivity index (χ0v) is 11.6. The lowest BCUT2D eigenvalue weighted by Crippen LogP contribution is -2.19. The summed E-state index contributed by atoms with van der Waals surface area (Å²) in [5.74, 6) is 0.448. The van der Waals surface area contributed by atoms with E-state index in [2.05, 4.69) is 0 Å². The third-order valence-corrected chi connectivity index (χ3v) is 4.49. The van der Waals surface area contributed by atoms with Crippen LogP contribution in [0, 0.1) is 11.7 Å².